The number of nitrogens with one attached hydrogen (secondary N) is 2. The molecule has 0 aromatic carbocycles. The lowest BCUT2D eigenvalue weighted by atomic mass is 10.2. The first-order valence-corrected chi connectivity index (χ1v) is 5.05. The number of aromatic amines is 1. The maximum Gasteiger partial charge on any atom is 0.418 e. The summed E-state index contributed by atoms with van der Waals surface area (Å²) in [5.74, 6) is -0.605. The predicted octanol–water partition coefficient (Wildman–Crippen LogP) is 0.665. The zero-order valence-corrected chi connectivity index (χ0v) is 9.19. The standard InChI is InChI=1S/C11H11N3O3/c1-7(15)12-4-2-3-8-5-9-10(13-6-8)14-11(16)17-9/h2-3,5-6H,4H2,1H3,(H,12,15)(H,13,14,16). The van der Waals surface area contributed by atoms with E-state index in [1.54, 1.807) is 24.4 Å². The molecule has 0 saturated carbocycles. The Morgan fingerprint density at radius 1 is 1.65 bits per heavy atom. The Morgan fingerprint density at radius 2 is 2.47 bits per heavy atom. The average Bonchev–Trinajstić information content (AvgIpc) is 2.63. The number of amides is 1. The van der Waals surface area contributed by atoms with Gasteiger partial charge in [-0.05, 0) is 11.6 Å². The van der Waals surface area contributed by atoms with Crippen LogP contribution in [-0.4, -0.2) is 22.4 Å². The van der Waals surface area contributed by atoms with E-state index >= 15 is 0 Å². The number of carbonyl (C=O) groups excluding carboxylic acids is 1. The minimum absolute atomic E-state index is 0.0835. The van der Waals surface area contributed by atoms with Gasteiger partial charge in [0.1, 0.15) is 0 Å². The Bertz CT molecular complexity index is 624. The van der Waals surface area contributed by atoms with Crippen LogP contribution >= 0.6 is 0 Å². The van der Waals surface area contributed by atoms with Crippen LogP contribution in [0.15, 0.2) is 27.6 Å². The molecule has 6 nitrogen and oxygen atoms in total. The number of hydrogen-bond donors (Lipinski definition) is 2. The monoisotopic (exact) mass is 233 g/mol. The van der Waals surface area contributed by atoms with Crippen molar-refractivity contribution in [3.8, 4) is 0 Å². The first-order valence-electron chi connectivity index (χ1n) is 5.05. The van der Waals surface area contributed by atoms with Crippen LogP contribution in [-0.2, 0) is 4.79 Å². The normalized spacial score (nSPS) is 11.1. The van der Waals surface area contributed by atoms with Crippen molar-refractivity contribution < 1.29 is 9.21 Å². The fourth-order valence-electron chi connectivity index (χ4n) is 1.34. The molecule has 0 radical (unpaired) electrons. The SMILES string of the molecule is CC(=O)NCC=Cc1cnc2[nH]c(=O)oc2c1. The van der Waals surface area contributed by atoms with Gasteiger partial charge in [-0.25, -0.2) is 9.78 Å². The highest BCUT2D eigenvalue weighted by molar-refractivity contribution is 5.73. The number of aromatic nitrogens is 2. The van der Waals surface area contributed by atoms with E-state index in [4.69, 9.17) is 4.42 Å². The van der Waals surface area contributed by atoms with Gasteiger partial charge in [-0.1, -0.05) is 12.2 Å². The van der Waals surface area contributed by atoms with Crippen molar-refractivity contribution in [3.63, 3.8) is 0 Å². The summed E-state index contributed by atoms with van der Waals surface area (Å²) in [4.78, 5) is 28.0. The number of carbonyl (C=O) groups is 1. The van der Waals surface area contributed by atoms with Gasteiger partial charge in [0.05, 0.1) is 0 Å². The number of hydrogen-bond acceptors (Lipinski definition) is 4. The van der Waals surface area contributed by atoms with E-state index < -0.39 is 5.76 Å². The molecule has 0 fully saturated rings. The van der Waals surface area contributed by atoms with Crippen molar-refractivity contribution in [1.29, 1.82) is 0 Å². The fraction of sp³-hybridized carbons (Fsp3) is 0.182. The first kappa shape index (κ1) is 11.1. The summed E-state index contributed by atoms with van der Waals surface area (Å²) in [6, 6.07) is 1.70. The van der Waals surface area contributed by atoms with Gasteiger partial charge in [0.2, 0.25) is 5.91 Å². The van der Waals surface area contributed by atoms with Gasteiger partial charge in [-0.2, -0.15) is 0 Å². The Balaban J connectivity index is 2.13. The molecule has 0 atom stereocenters. The van der Waals surface area contributed by atoms with Crippen LogP contribution in [0.4, 0.5) is 0 Å². The lowest BCUT2D eigenvalue weighted by molar-refractivity contribution is -0.118. The zero-order chi connectivity index (χ0) is 12.3. The van der Waals surface area contributed by atoms with E-state index in [1.165, 1.54) is 6.92 Å². The highest BCUT2D eigenvalue weighted by Gasteiger charge is 2.01. The Hall–Kier alpha value is -2.37. The van der Waals surface area contributed by atoms with Gasteiger partial charge in [0, 0.05) is 19.7 Å². The molecule has 2 aromatic heterocycles. The number of pyridine rings is 1. The van der Waals surface area contributed by atoms with E-state index in [2.05, 4.69) is 15.3 Å². The molecule has 88 valence electrons. The van der Waals surface area contributed by atoms with Crippen LogP contribution in [0.2, 0.25) is 0 Å². The van der Waals surface area contributed by atoms with Crippen molar-refractivity contribution in [2.24, 2.45) is 0 Å². The summed E-state index contributed by atoms with van der Waals surface area (Å²) < 4.78 is 4.88. The predicted molar refractivity (Wildman–Crippen MR) is 62.3 cm³/mol. The van der Waals surface area contributed by atoms with Crippen LogP contribution in [0.3, 0.4) is 0 Å². The smallest absolute Gasteiger partial charge is 0.406 e. The molecule has 2 N–H and O–H groups in total. The number of rotatable bonds is 3. The summed E-state index contributed by atoms with van der Waals surface area (Å²) in [6.45, 7) is 1.90. The molecule has 0 unspecified atom stereocenters. The van der Waals surface area contributed by atoms with Crippen molar-refractivity contribution >= 4 is 23.2 Å². The van der Waals surface area contributed by atoms with E-state index in [9.17, 15) is 9.59 Å². The van der Waals surface area contributed by atoms with Crippen LogP contribution in [0.25, 0.3) is 17.3 Å². The molecule has 0 aliphatic carbocycles. The summed E-state index contributed by atoms with van der Waals surface area (Å²) in [6.07, 6.45) is 5.18. The van der Waals surface area contributed by atoms with Crippen molar-refractivity contribution in [2.75, 3.05) is 6.54 Å². The maximum atomic E-state index is 10.9. The third-order valence-electron chi connectivity index (χ3n) is 2.08. The second-order valence-corrected chi connectivity index (χ2v) is 3.47. The highest BCUT2D eigenvalue weighted by Crippen LogP contribution is 2.10. The zero-order valence-electron chi connectivity index (χ0n) is 9.19. The molecule has 6 heteroatoms. The summed E-state index contributed by atoms with van der Waals surface area (Å²) in [7, 11) is 0. The molecule has 0 spiro atoms. The largest absolute Gasteiger partial charge is 0.418 e. The van der Waals surface area contributed by atoms with Crippen molar-refractivity contribution in [1.82, 2.24) is 15.3 Å². The van der Waals surface area contributed by atoms with Crippen LogP contribution < -0.4 is 11.1 Å². The number of fused-ring (bicyclic) bond motifs is 1. The molecule has 2 rings (SSSR count). The number of oxazole rings is 1. The Labute approximate surface area is 96.4 Å². The molecular weight excluding hydrogens is 222 g/mol. The van der Waals surface area contributed by atoms with Crippen LogP contribution in [0, 0.1) is 0 Å². The van der Waals surface area contributed by atoms with Crippen molar-refractivity contribution in [2.45, 2.75) is 6.92 Å². The Morgan fingerprint density at radius 3 is 3.24 bits per heavy atom. The van der Waals surface area contributed by atoms with Gasteiger partial charge in [0.25, 0.3) is 0 Å². The van der Waals surface area contributed by atoms with Gasteiger partial charge in [0.15, 0.2) is 11.2 Å². The Kier molecular flexibility index (Phi) is 3.04. The minimum Gasteiger partial charge on any atom is -0.406 e. The second-order valence-electron chi connectivity index (χ2n) is 3.47. The summed E-state index contributed by atoms with van der Waals surface area (Å²) in [5, 5.41) is 2.63. The van der Waals surface area contributed by atoms with E-state index in [0.29, 0.717) is 17.8 Å². The third kappa shape index (κ3) is 2.81. The quantitative estimate of drug-likeness (QED) is 0.815. The van der Waals surface area contributed by atoms with E-state index in [1.807, 2.05) is 0 Å². The van der Waals surface area contributed by atoms with Gasteiger partial charge in [-0.15, -0.1) is 0 Å². The molecular formula is C11H11N3O3. The molecule has 1 amide bonds. The highest BCUT2D eigenvalue weighted by atomic mass is 16.4. The second kappa shape index (κ2) is 4.65. The molecule has 0 aliphatic rings. The topological polar surface area (TPSA) is 88.0 Å². The van der Waals surface area contributed by atoms with E-state index in [0.717, 1.165) is 5.56 Å². The molecule has 0 saturated heterocycles. The third-order valence-corrected chi connectivity index (χ3v) is 2.08. The fourth-order valence-corrected chi connectivity index (χ4v) is 1.34. The minimum atomic E-state index is -0.521. The summed E-state index contributed by atoms with van der Waals surface area (Å²) >= 11 is 0. The van der Waals surface area contributed by atoms with Crippen LogP contribution in [0.1, 0.15) is 12.5 Å². The maximum absolute atomic E-state index is 10.9. The molecule has 2 heterocycles. The number of H-pyrrole nitrogens is 1. The van der Waals surface area contributed by atoms with Gasteiger partial charge < -0.3 is 9.73 Å². The molecule has 2 aromatic rings. The molecule has 17 heavy (non-hydrogen) atoms. The van der Waals surface area contributed by atoms with Crippen LogP contribution in [0.5, 0.6) is 0 Å². The molecule has 0 aliphatic heterocycles. The lowest BCUT2D eigenvalue weighted by Crippen LogP contribution is -2.19. The van der Waals surface area contributed by atoms with Crippen molar-refractivity contribution in [3.05, 3.63) is 34.5 Å². The first-order chi connectivity index (χ1) is 8.15. The van der Waals surface area contributed by atoms with Gasteiger partial charge >= 0.3 is 5.76 Å². The number of nitrogens with zero attached hydrogens (tertiary/aromatic N) is 1. The van der Waals surface area contributed by atoms with E-state index in [-0.39, 0.29) is 5.91 Å². The molecule has 0 bridgehead atoms. The summed E-state index contributed by atoms with van der Waals surface area (Å²) in [5.41, 5.74) is 1.64. The lowest BCUT2D eigenvalue weighted by Gasteiger charge is -1.95. The average molecular weight is 233 g/mol. The van der Waals surface area contributed by atoms with Gasteiger partial charge in [-0.3, -0.25) is 9.78 Å².